The Kier molecular flexibility index (Phi) is 6.15. The smallest absolute Gasteiger partial charge is 0.255 e. The molecule has 27 heavy (non-hydrogen) atoms. The van der Waals surface area contributed by atoms with Gasteiger partial charge in [-0.1, -0.05) is 36.4 Å². The lowest BCUT2D eigenvalue weighted by atomic mass is 10.1. The number of hydrogen-bond acceptors (Lipinski definition) is 2. The van der Waals surface area contributed by atoms with Crippen LogP contribution in [-0.4, -0.2) is 12.5 Å². The molecule has 0 aliphatic carbocycles. The highest BCUT2D eigenvalue weighted by Gasteiger charge is 2.12. The van der Waals surface area contributed by atoms with E-state index in [9.17, 15) is 13.6 Å². The van der Waals surface area contributed by atoms with Crippen molar-refractivity contribution in [1.29, 1.82) is 0 Å². The monoisotopic (exact) mass is 367 g/mol. The standard InChI is InChI=1S/C22H19F2NO2/c23-18-9-5-16(6-10-18)13-14-25-22(26)20-3-1-2-4-21(20)27-15-17-7-11-19(24)12-8-17/h1-12H,13-15H2,(H,25,26). The number of hydrogen-bond donors (Lipinski definition) is 1. The predicted octanol–water partition coefficient (Wildman–Crippen LogP) is 4.52. The zero-order chi connectivity index (χ0) is 19.1. The summed E-state index contributed by atoms with van der Waals surface area (Å²) < 4.78 is 31.6. The third kappa shape index (κ3) is 5.38. The molecule has 0 radical (unpaired) electrons. The van der Waals surface area contributed by atoms with Gasteiger partial charge >= 0.3 is 0 Å². The van der Waals surface area contributed by atoms with E-state index in [2.05, 4.69) is 5.32 Å². The molecule has 0 fully saturated rings. The topological polar surface area (TPSA) is 38.3 Å². The van der Waals surface area contributed by atoms with E-state index < -0.39 is 0 Å². The van der Waals surface area contributed by atoms with Gasteiger partial charge in [0.25, 0.3) is 5.91 Å². The fraction of sp³-hybridized carbons (Fsp3) is 0.136. The van der Waals surface area contributed by atoms with Crippen molar-refractivity contribution in [2.24, 2.45) is 0 Å². The first-order valence-electron chi connectivity index (χ1n) is 8.61. The van der Waals surface area contributed by atoms with Gasteiger partial charge in [-0.2, -0.15) is 0 Å². The van der Waals surface area contributed by atoms with Crippen molar-refractivity contribution in [3.05, 3.63) is 101 Å². The molecule has 0 saturated heterocycles. The average Bonchev–Trinajstić information content (AvgIpc) is 2.69. The van der Waals surface area contributed by atoms with Gasteiger partial charge in [0.2, 0.25) is 0 Å². The first-order chi connectivity index (χ1) is 13.1. The molecule has 0 bridgehead atoms. The van der Waals surface area contributed by atoms with Crippen molar-refractivity contribution in [3.63, 3.8) is 0 Å². The van der Waals surface area contributed by atoms with Gasteiger partial charge in [0.15, 0.2) is 0 Å². The van der Waals surface area contributed by atoms with Crippen LogP contribution < -0.4 is 10.1 Å². The van der Waals surface area contributed by atoms with Gasteiger partial charge in [-0.05, 0) is 53.9 Å². The van der Waals surface area contributed by atoms with E-state index >= 15 is 0 Å². The summed E-state index contributed by atoms with van der Waals surface area (Å²) >= 11 is 0. The van der Waals surface area contributed by atoms with Gasteiger partial charge < -0.3 is 10.1 Å². The highest BCUT2D eigenvalue weighted by atomic mass is 19.1. The molecule has 3 rings (SSSR count). The van der Waals surface area contributed by atoms with E-state index in [0.29, 0.717) is 24.3 Å². The van der Waals surface area contributed by atoms with Crippen molar-refractivity contribution >= 4 is 5.91 Å². The van der Waals surface area contributed by atoms with E-state index in [0.717, 1.165) is 11.1 Å². The second-order valence-corrected chi connectivity index (χ2v) is 6.04. The van der Waals surface area contributed by atoms with Crippen LogP contribution in [0.2, 0.25) is 0 Å². The Hall–Kier alpha value is -3.21. The minimum Gasteiger partial charge on any atom is -0.488 e. The maximum Gasteiger partial charge on any atom is 0.255 e. The number of carbonyl (C=O) groups excluding carboxylic acids is 1. The summed E-state index contributed by atoms with van der Waals surface area (Å²) in [5.41, 5.74) is 2.18. The maximum absolute atomic E-state index is 13.0. The summed E-state index contributed by atoms with van der Waals surface area (Å²) in [6.07, 6.45) is 0.602. The van der Waals surface area contributed by atoms with Crippen LogP contribution in [0.25, 0.3) is 0 Å². The molecule has 0 unspecified atom stereocenters. The molecule has 0 saturated carbocycles. The number of nitrogens with one attached hydrogen (secondary N) is 1. The average molecular weight is 367 g/mol. The molecule has 138 valence electrons. The highest BCUT2D eigenvalue weighted by molar-refractivity contribution is 5.96. The van der Waals surface area contributed by atoms with Crippen LogP contribution in [0.1, 0.15) is 21.5 Å². The SMILES string of the molecule is O=C(NCCc1ccc(F)cc1)c1ccccc1OCc1ccc(F)cc1. The molecule has 1 N–H and O–H groups in total. The summed E-state index contributed by atoms with van der Waals surface area (Å²) in [5, 5.41) is 2.85. The molecule has 3 nitrogen and oxygen atoms in total. The number of carbonyl (C=O) groups is 1. The van der Waals surface area contributed by atoms with E-state index in [4.69, 9.17) is 4.74 Å². The Labute approximate surface area is 156 Å². The fourth-order valence-electron chi connectivity index (χ4n) is 2.59. The van der Waals surface area contributed by atoms with Crippen molar-refractivity contribution in [2.75, 3.05) is 6.54 Å². The molecule has 0 aliphatic rings. The lowest BCUT2D eigenvalue weighted by Gasteiger charge is -2.12. The first kappa shape index (κ1) is 18.6. The van der Waals surface area contributed by atoms with Gasteiger partial charge in [-0.25, -0.2) is 8.78 Å². The summed E-state index contributed by atoms with van der Waals surface area (Å²) in [6, 6.07) is 19.2. The minimum absolute atomic E-state index is 0.236. The molecule has 0 spiro atoms. The number of benzene rings is 3. The first-order valence-corrected chi connectivity index (χ1v) is 8.61. The predicted molar refractivity (Wildman–Crippen MR) is 99.6 cm³/mol. The van der Waals surface area contributed by atoms with Gasteiger partial charge in [0, 0.05) is 6.54 Å². The largest absolute Gasteiger partial charge is 0.488 e. The molecule has 0 heterocycles. The summed E-state index contributed by atoms with van der Waals surface area (Å²) in [5.74, 6) is -0.373. The van der Waals surface area contributed by atoms with Crippen LogP contribution in [0.4, 0.5) is 8.78 Å². The van der Waals surface area contributed by atoms with Gasteiger partial charge in [-0.3, -0.25) is 4.79 Å². The lowest BCUT2D eigenvalue weighted by Crippen LogP contribution is -2.26. The number of para-hydroxylation sites is 1. The summed E-state index contributed by atoms with van der Waals surface area (Å²) in [6.45, 7) is 0.664. The minimum atomic E-state index is -0.306. The Balaban J connectivity index is 1.57. The van der Waals surface area contributed by atoms with Crippen molar-refractivity contribution in [2.45, 2.75) is 13.0 Å². The van der Waals surface area contributed by atoms with Crippen molar-refractivity contribution in [3.8, 4) is 5.75 Å². The third-order valence-corrected chi connectivity index (χ3v) is 4.05. The second kappa shape index (κ2) is 8.94. The molecular weight excluding hydrogens is 348 g/mol. The highest BCUT2D eigenvalue weighted by Crippen LogP contribution is 2.19. The quantitative estimate of drug-likeness (QED) is 0.667. The summed E-state index contributed by atoms with van der Waals surface area (Å²) in [4.78, 5) is 12.5. The number of halogens is 2. The Morgan fingerprint density at radius 3 is 2.07 bits per heavy atom. The Morgan fingerprint density at radius 2 is 1.41 bits per heavy atom. The maximum atomic E-state index is 13.0. The second-order valence-electron chi connectivity index (χ2n) is 6.04. The zero-order valence-electron chi connectivity index (χ0n) is 14.6. The van der Waals surface area contributed by atoms with Gasteiger partial charge in [0.1, 0.15) is 24.0 Å². The third-order valence-electron chi connectivity index (χ3n) is 4.05. The summed E-state index contributed by atoms with van der Waals surface area (Å²) in [7, 11) is 0. The number of amides is 1. The normalized spacial score (nSPS) is 10.4. The molecule has 1 amide bonds. The van der Waals surface area contributed by atoms with Crippen LogP contribution >= 0.6 is 0 Å². The van der Waals surface area contributed by atoms with E-state index in [1.54, 1.807) is 48.5 Å². The molecule has 3 aromatic carbocycles. The van der Waals surface area contributed by atoms with Crippen LogP contribution in [-0.2, 0) is 13.0 Å². The molecule has 0 atom stereocenters. The van der Waals surface area contributed by atoms with Gasteiger partial charge in [-0.15, -0.1) is 0 Å². The van der Waals surface area contributed by atoms with Gasteiger partial charge in [0.05, 0.1) is 5.56 Å². The molecule has 5 heteroatoms. The van der Waals surface area contributed by atoms with E-state index in [1.807, 2.05) is 0 Å². The molecule has 0 aromatic heterocycles. The van der Waals surface area contributed by atoms with Crippen molar-refractivity contribution < 1.29 is 18.3 Å². The van der Waals surface area contributed by atoms with E-state index in [-0.39, 0.29) is 24.1 Å². The zero-order valence-corrected chi connectivity index (χ0v) is 14.6. The lowest BCUT2D eigenvalue weighted by molar-refractivity contribution is 0.0949. The number of rotatable bonds is 7. The Morgan fingerprint density at radius 1 is 0.815 bits per heavy atom. The fourth-order valence-corrected chi connectivity index (χ4v) is 2.59. The van der Waals surface area contributed by atoms with Crippen LogP contribution in [0.3, 0.4) is 0 Å². The number of ether oxygens (including phenoxy) is 1. The van der Waals surface area contributed by atoms with Crippen molar-refractivity contribution in [1.82, 2.24) is 5.32 Å². The van der Waals surface area contributed by atoms with Crippen LogP contribution in [0.5, 0.6) is 5.75 Å². The van der Waals surface area contributed by atoms with Crippen LogP contribution in [0.15, 0.2) is 72.8 Å². The van der Waals surface area contributed by atoms with E-state index in [1.165, 1.54) is 24.3 Å². The van der Waals surface area contributed by atoms with Crippen LogP contribution in [0, 0.1) is 11.6 Å². The molecular formula is C22H19F2NO2. The molecule has 3 aromatic rings. The Bertz CT molecular complexity index is 893. The molecule has 0 aliphatic heterocycles.